The molecular formula is C17H32N2. The van der Waals surface area contributed by atoms with E-state index in [4.69, 9.17) is 0 Å². The van der Waals surface area contributed by atoms with Crippen molar-refractivity contribution in [3.05, 3.63) is 0 Å². The van der Waals surface area contributed by atoms with Gasteiger partial charge in [-0.1, -0.05) is 32.6 Å². The Labute approximate surface area is 119 Å². The molecule has 3 fully saturated rings. The van der Waals surface area contributed by atoms with Gasteiger partial charge in [0.1, 0.15) is 0 Å². The molecule has 3 unspecified atom stereocenters. The zero-order valence-electron chi connectivity index (χ0n) is 12.7. The number of nitrogens with zero attached hydrogens (tertiary/aromatic N) is 1. The second-order valence-electron chi connectivity index (χ2n) is 7.09. The van der Waals surface area contributed by atoms with Crippen molar-refractivity contribution in [1.82, 2.24) is 10.2 Å². The highest BCUT2D eigenvalue weighted by molar-refractivity contribution is 4.94. The molecule has 110 valence electrons. The van der Waals surface area contributed by atoms with E-state index in [2.05, 4.69) is 17.1 Å². The summed E-state index contributed by atoms with van der Waals surface area (Å²) < 4.78 is 0. The molecule has 1 saturated heterocycles. The van der Waals surface area contributed by atoms with E-state index in [-0.39, 0.29) is 0 Å². The van der Waals surface area contributed by atoms with Crippen LogP contribution in [0.3, 0.4) is 0 Å². The number of rotatable bonds is 5. The summed E-state index contributed by atoms with van der Waals surface area (Å²) in [5.41, 5.74) is 0. The largest absolute Gasteiger partial charge is 0.313 e. The van der Waals surface area contributed by atoms with Crippen LogP contribution in [0.15, 0.2) is 0 Å². The summed E-state index contributed by atoms with van der Waals surface area (Å²) >= 11 is 0. The molecule has 2 saturated carbocycles. The highest BCUT2D eigenvalue weighted by atomic mass is 15.2. The van der Waals surface area contributed by atoms with Gasteiger partial charge in [0.2, 0.25) is 0 Å². The molecule has 0 spiro atoms. The van der Waals surface area contributed by atoms with Gasteiger partial charge in [-0.25, -0.2) is 0 Å². The quantitative estimate of drug-likeness (QED) is 0.817. The van der Waals surface area contributed by atoms with E-state index in [1.807, 2.05) is 0 Å². The predicted octanol–water partition coefficient (Wildman–Crippen LogP) is 3.56. The fourth-order valence-electron chi connectivity index (χ4n) is 4.40. The third-order valence-corrected chi connectivity index (χ3v) is 5.68. The smallest absolute Gasteiger partial charge is 0.0195 e. The van der Waals surface area contributed by atoms with E-state index in [0.29, 0.717) is 0 Å². The normalized spacial score (nSPS) is 36.6. The van der Waals surface area contributed by atoms with Crippen LogP contribution < -0.4 is 5.32 Å². The lowest BCUT2D eigenvalue weighted by atomic mass is 9.81. The van der Waals surface area contributed by atoms with Crippen molar-refractivity contribution in [3.8, 4) is 0 Å². The fraction of sp³-hybridized carbons (Fsp3) is 1.00. The zero-order chi connectivity index (χ0) is 13.1. The van der Waals surface area contributed by atoms with Gasteiger partial charge in [0.05, 0.1) is 0 Å². The van der Waals surface area contributed by atoms with Gasteiger partial charge in [-0.3, -0.25) is 4.90 Å². The Bertz CT molecular complexity index is 268. The van der Waals surface area contributed by atoms with E-state index in [1.165, 1.54) is 77.3 Å². The Balaban J connectivity index is 1.61. The first kappa shape index (κ1) is 13.9. The maximum atomic E-state index is 3.76. The minimum atomic E-state index is 0.786. The third-order valence-electron chi connectivity index (χ3n) is 5.68. The number of nitrogens with one attached hydrogen (secondary N) is 1. The highest BCUT2D eigenvalue weighted by Gasteiger charge is 2.38. The second kappa shape index (κ2) is 6.58. The topological polar surface area (TPSA) is 15.3 Å². The van der Waals surface area contributed by atoms with Gasteiger partial charge >= 0.3 is 0 Å². The Hall–Kier alpha value is -0.0800. The average molecular weight is 264 g/mol. The van der Waals surface area contributed by atoms with Gasteiger partial charge in [-0.2, -0.15) is 0 Å². The van der Waals surface area contributed by atoms with Crippen LogP contribution in [-0.2, 0) is 0 Å². The van der Waals surface area contributed by atoms with Crippen molar-refractivity contribution >= 4 is 0 Å². The molecule has 1 N–H and O–H groups in total. The number of piperidine rings is 1. The monoisotopic (exact) mass is 264 g/mol. The van der Waals surface area contributed by atoms with Crippen molar-refractivity contribution in [2.24, 2.45) is 5.92 Å². The Kier molecular flexibility index (Phi) is 4.81. The lowest BCUT2D eigenvalue weighted by Crippen LogP contribution is -2.51. The lowest BCUT2D eigenvalue weighted by Gasteiger charge is -2.42. The van der Waals surface area contributed by atoms with Crippen LogP contribution in [0.5, 0.6) is 0 Å². The van der Waals surface area contributed by atoms with E-state index < -0.39 is 0 Å². The molecule has 2 nitrogen and oxygen atoms in total. The molecule has 0 amide bonds. The molecule has 0 bridgehead atoms. The van der Waals surface area contributed by atoms with Gasteiger partial charge in [0, 0.05) is 24.7 Å². The molecule has 3 aliphatic rings. The summed E-state index contributed by atoms with van der Waals surface area (Å²) in [7, 11) is 0. The minimum Gasteiger partial charge on any atom is -0.313 e. The molecule has 19 heavy (non-hydrogen) atoms. The van der Waals surface area contributed by atoms with Crippen molar-refractivity contribution in [1.29, 1.82) is 0 Å². The summed E-state index contributed by atoms with van der Waals surface area (Å²) in [6.45, 7) is 5.00. The van der Waals surface area contributed by atoms with Crippen molar-refractivity contribution in [3.63, 3.8) is 0 Å². The molecule has 0 aromatic heterocycles. The van der Waals surface area contributed by atoms with E-state index >= 15 is 0 Å². The van der Waals surface area contributed by atoms with Crippen LogP contribution in [0.1, 0.15) is 71.1 Å². The molecule has 2 heteroatoms. The Morgan fingerprint density at radius 1 is 0.947 bits per heavy atom. The van der Waals surface area contributed by atoms with Gasteiger partial charge in [-0.15, -0.1) is 0 Å². The summed E-state index contributed by atoms with van der Waals surface area (Å²) in [5, 5.41) is 3.76. The number of hydrogen-bond donors (Lipinski definition) is 1. The second-order valence-corrected chi connectivity index (χ2v) is 7.09. The van der Waals surface area contributed by atoms with Crippen molar-refractivity contribution < 1.29 is 0 Å². The summed E-state index contributed by atoms with van der Waals surface area (Å²) in [5.74, 6) is 0.984. The molecule has 3 rings (SSSR count). The maximum absolute atomic E-state index is 3.76. The van der Waals surface area contributed by atoms with Gasteiger partial charge in [0.15, 0.2) is 0 Å². The van der Waals surface area contributed by atoms with Crippen molar-refractivity contribution in [2.45, 2.75) is 89.3 Å². The van der Waals surface area contributed by atoms with E-state index in [9.17, 15) is 0 Å². The zero-order valence-corrected chi connectivity index (χ0v) is 12.7. The number of hydrogen-bond acceptors (Lipinski definition) is 2. The molecular weight excluding hydrogens is 232 g/mol. The first-order chi connectivity index (χ1) is 9.38. The Morgan fingerprint density at radius 3 is 2.42 bits per heavy atom. The van der Waals surface area contributed by atoms with E-state index in [1.54, 1.807) is 0 Å². The van der Waals surface area contributed by atoms with E-state index in [0.717, 1.165) is 24.0 Å². The van der Waals surface area contributed by atoms with Crippen LogP contribution in [0.2, 0.25) is 0 Å². The van der Waals surface area contributed by atoms with Crippen LogP contribution in [0, 0.1) is 5.92 Å². The summed E-state index contributed by atoms with van der Waals surface area (Å²) in [4.78, 5) is 2.94. The predicted molar refractivity (Wildman–Crippen MR) is 81.4 cm³/mol. The van der Waals surface area contributed by atoms with Crippen LogP contribution in [0.4, 0.5) is 0 Å². The summed E-state index contributed by atoms with van der Waals surface area (Å²) in [6.07, 6.45) is 14.5. The van der Waals surface area contributed by atoms with Crippen molar-refractivity contribution in [2.75, 3.05) is 13.1 Å². The first-order valence-electron chi connectivity index (χ1n) is 8.87. The van der Waals surface area contributed by atoms with Crippen LogP contribution >= 0.6 is 0 Å². The van der Waals surface area contributed by atoms with Crippen LogP contribution in [-0.4, -0.2) is 36.1 Å². The highest BCUT2D eigenvalue weighted by Crippen LogP contribution is 2.37. The Morgan fingerprint density at radius 2 is 1.74 bits per heavy atom. The lowest BCUT2D eigenvalue weighted by molar-refractivity contribution is 0.0796. The minimum absolute atomic E-state index is 0.786. The molecule has 0 aromatic carbocycles. The molecule has 1 heterocycles. The third kappa shape index (κ3) is 3.52. The molecule has 3 atom stereocenters. The fourth-order valence-corrected chi connectivity index (χ4v) is 4.40. The first-order valence-corrected chi connectivity index (χ1v) is 8.87. The molecule has 0 aromatic rings. The summed E-state index contributed by atoms with van der Waals surface area (Å²) in [6, 6.07) is 2.64. The van der Waals surface area contributed by atoms with Gasteiger partial charge < -0.3 is 5.32 Å². The molecule has 1 aliphatic heterocycles. The van der Waals surface area contributed by atoms with Gasteiger partial charge in [-0.05, 0) is 51.0 Å². The average Bonchev–Trinajstić information content (AvgIpc) is 3.30. The SMILES string of the molecule is CCC1CCCCC1N(CC1CCCCN1)C1CC1. The molecule has 2 aliphatic carbocycles. The van der Waals surface area contributed by atoms with Gasteiger partial charge in [0.25, 0.3) is 0 Å². The standard InChI is InChI=1S/C17H32N2/c1-2-14-7-3-4-9-17(14)19(16-10-11-16)13-15-8-5-6-12-18-15/h14-18H,2-13H2,1H3. The van der Waals surface area contributed by atoms with Crippen LogP contribution in [0.25, 0.3) is 0 Å². The molecule has 0 radical (unpaired) electrons. The maximum Gasteiger partial charge on any atom is 0.0195 e.